The van der Waals surface area contributed by atoms with Gasteiger partial charge in [0.05, 0.1) is 31.2 Å². The maximum absolute atomic E-state index is 13.6. The fourth-order valence-corrected chi connectivity index (χ4v) is 7.43. The summed E-state index contributed by atoms with van der Waals surface area (Å²) < 4.78 is 56.0. The van der Waals surface area contributed by atoms with Crippen LogP contribution in [0.3, 0.4) is 0 Å². The monoisotopic (exact) mass is 742 g/mol. The van der Waals surface area contributed by atoms with E-state index in [1.807, 2.05) is 13.8 Å². The summed E-state index contributed by atoms with van der Waals surface area (Å²) in [7, 11) is -2.13. The van der Waals surface area contributed by atoms with Gasteiger partial charge in [-0.3, -0.25) is 28.3 Å². The Labute approximate surface area is 292 Å². The van der Waals surface area contributed by atoms with E-state index in [9.17, 15) is 23.8 Å². The summed E-state index contributed by atoms with van der Waals surface area (Å²) in [6, 6.07) is 1.18. The summed E-state index contributed by atoms with van der Waals surface area (Å²) in [5, 5.41) is 5.69. The van der Waals surface area contributed by atoms with Crippen molar-refractivity contribution in [2.24, 2.45) is 22.4 Å². The molecule has 0 bridgehead atoms. The molecule has 21 nitrogen and oxygen atoms in total. The molecular formula is C29H45N9O12P-. The number of carbonyl (C=O) groups is 1. The zero-order chi connectivity index (χ0) is 37.2. The lowest BCUT2D eigenvalue weighted by molar-refractivity contribution is -0.236. The molecule has 10 atom stereocenters. The molecule has 2 fully saturated rings. The van der Waals surface area contributed by atoms with Crippen molar-refractivity contribution in [1.29, 1.82) is 0 Å². The van der Waals surface area contributed by atoms with Crippen LogP contribution in [0.15, 0.2) is 33.2 Å². The Kier molecular flexibility index (Phi) is 12.2. The van der Waals surface area contributed by atoms with Crippen LogP contribution >= 0.6 is 7.82 Å². The number of aliphatic imine (C=N–C) groups is 1. The number of rotatable bonds is 15. The Bertz CT molecular complexity index is 1730. The number of methoxy groups -OCH3 is 2. The number of nitrogens with two attached hydrogens (primary N) is 2. The molecule has 1 amide bonds. The summed E-state index contributed by atoms with van der Waals surface area (Å²) in [6.45, 7) is 6.60. The number of ether oxygens (including phenoxy) is 5. The topological polar surface area (TPSA) is 283 Å². The Hall–Kier alpha value is -3.50. The third kappa shape index (κ3) is 8.76. The molecule has 3 aliphatic rings. The number of aromatic amines is 1. The first-order valence-electron chi connectivity index (χ1n) is 16.3. The molecule has 5 rings (SSSR count). The van der Waals surface area contributed by atoms with Crippen LogP contribution in [0, 0.1) is 5.92 Å². The van der Waals surface area contributed by atoms with Crippen molar-refractivity contribution in [2.45, 2.75) is 95.5 Å². The van der Waals surface area contributed by atoms with Gasteiger partial charge in [0.2, 0.25) is 5.91 Å². The molecule has 22 heteroatoms. The van der Waals surface area contributed by atoms with E-state index in [0.717, 1.165) is 0 Å². The molecule has 51 heavy (non-hydrogen) atoms. The normalized spacial score (nSPS) is 30.2. The molecule has 2 aromatic rings. The van der Waals surface area contributed by atoms with E-state index in [0.29, 0.717) is 11.5 Å². The minimum Gasteiger partial charge on any atom is -0.756 e. The summed E-state index contributed by atoms with van der Waals surface area (Å²) >= 11 is 0. The number of nitrogens with zero attached hydrogens (tertiary/aromatic N) is 4. The van der Waals surface area contributed by atoms with Crippen LogP contribution in [0.2, 0.25) is 0 Å². The number of phosphoric acid groups is 1. The van der Waals surface area contributed by atoms with Crippen molar-refractivity contribution in [3.05, 3.63) is 45.1 Å². The molecule has 284 valence electrons. The highest BCUT2D eigenvalue weighted by atomic mass is 31.2. The maximum Gasteiger partial charge on any atom is 0.330 e. The minimum atomic E-state index is -4.90. The van der Waals surface area contributed by atoms with E-state index in [-0.39, 0.29) is 31.6 Å². The van der Waals surface area contributed by atoms with Gasteiger partial charge in [-0.1, -0.05) is 0 Å². The molecule has 5 heterocycles. The second kappa shape index (κ2) is 16.0. The van der Waals surface area contributed by atoms with E-state index < -0.39 is 86.1 Å². The van der Waals surface area contributed by atoms with Gasteiger partial charge in [0, 0.05) is 45.4 Å². The van der Waals surface area contributed by atoms with Crippen molar-refractivity contribution in [3.63, 3.8) is 0 Å². The van der Waals surface area contributed by atoms with Gasteiger partial charge >= 0.3 is 5.69 Å². The first-order valence-corrected chi connectivity index (χ1v) is 17.7. The fraction of sp³-hybridized carbons (Fsp3) is 0.690. The molecule has 0 spiro atoms. The fourth-order valence-electron chi connectivity index (χ4n) is 6.31. The second-order valence-electron chi connectivity index (χ2n) is 12.7. The van der Waals surface area contributed by atoms with E-state index >= 15 is 0 Å². The largest absolute Gasteiger partial charge is 0.756 e. The number of hydrogen-bond donors (Lipinski definition) is 5. The van der Waals surface area contributed by atoms with Crippen LogP contribution in [0.1, 0.15) is 58.4 Å². The number of anilines is 1. The lowest BCUT2D eigenvalue weighted by atomic mass is 9.93. The quantitative estimate of drug-likeness (QED) is 0.134. The SMILES string of the molecule is COC1C(OP(=O)([O-])OC(C)C)[C@@H](CNC(=O)CC2C(OC)[C@H](n3ccc(=O)[nH]c3=O)O[C@@H]2COC(C)C)O[C@H]1n1cnc2c1NC(N)=NC2N. The van der Waals surface area contributed by atoms with Crippen molar-refractivity contribution >= 4 is 25.5 Å². The highest BCUT2D eigenvalue weighted by molar-refractivity contribution is 7.45. The Morgan fingerprint density at radius 3 is 2.41 bits per heavy atom. The number of amides is 1. The van der Waals surface area contributed by atoms with Crippen molar-refractivity contribution in [3.8, 4) is 0 Å². The highest BCUT2D eigenvalue weighted by Crippen LogP contribution is 2.47. The number of hydrogen-bond acceptors (Lipinski definition) is 17. The predicted molar refractivity (Wildman–Crippen MR) is 176 cm³/mol. The Balaban J connectivity index is 1.37. The molecule has 0 aliphatic carbocycles. The van der Waals surface area contributed by atoms with Crippen LogP contribution in [0.4, 0.5) is 5.82 Å². The maximum atomic E-state index is 13.6. The number of imidazole rings is 1. The lowest BCUT2D eigenvalue weighted by Gasteiger charge is -2.32. The van der Waals surface area contributed by atoms with Gasteiger partial charge in [-0.2, -0.15) is 0 Å². The van der Waals surface area contributed by atoms with Crippen LogP contribution in [-0.4, -0.2) is 101 Å². The van der Waals surface area contributed by atoms with E-state index in [1.165, 1.54) is 55.8 Å². The predicted octanol–water partition coefficient (Wildman–Crippen LogP) is -1.22. The first kappa shape index (κ1) is 38.7. The third-order valence-electron chi connectivity index (χ3n) is 8.46. The summed E-state index contributed by atoms with van der Waals surface area (Å²) in [4.78, 5) is 61.4. The Morgan fingerprint density at radius 1 is 1.08 bits per heavy atom. The molecule has 2 saturated heterocycles. The molecule has 7 N–H and O–H groups in total. The zero-order valence-corrected chi connectivity index (χ0v) is 29.9. The molecule has 0 radical (unpaired) electrons. The molecule has 2 aromatic heterocycles. The van der Waals surface area contributed by atoms with Gasteiger partial charge in [0.1, 0.15) is 42.1 Å². The van der Waals surface area contributed by atoms with Crippen molar-refractivity contribution in [1.82, 2.24) is 24.4 Å². The van der Waals surface area contributed by atoms with Gasteiger partial charge in [-0.25, -0.2) is 14.8 Å². The number of nitrogens with one attached hydrogen (secondary N) is 3. The van der Waals surface area contributed by atoms with Crippen molar-refractivity contribution < 1.29 is 47.0 Å². The number of carbonyl (C=O) groups excluding carboxylic acids is 1. The van der Waals surface area contributed by atoms with Gasteiger partial charge in [-0.15, -0.1) is 0 Å². The average Bonchev–Trinajstić information content (AvgIpc) is 3.71. The number of aromatic nitrogens is 4. The van der Waals surface area contributed by atoms with E-state index in [2.05, 4.69) is 25.6 Å². The molecule has 3 aliphatic heterocycles. The van der Waals surface area contributed by atoms with Gasteiger partial charge < -0.3 is 59.7 Å². The lowest BCUT2D eigenvalue weighted by Crippen LogP contribution is -2.44. The zero-order valence-electron chi connectivity index (χ0n) is 29.0. The van der Waals surface area contributed by atoms with Gasteiger partial charge in [-0.05, 0) is 27.7 Å². The smallest absolute Gasteiger partial charge is 0.330 e. The van der Waals surface area contributed by atoms with Crippen LogP contribution < -0.4 is 38.2 Å². The summed E-state index contributed by atoms with van der Waals surface area (Å²) in [6.07, 6.45) is -6.13. The molecule has 0 aromatic carbocycles. The average molecular weight is 743 g/mol. The number of H-pyrrole nitrogens is 1. The van der Waals surface area contributed by atoms with Crippen molar-refractivity contribution in [2.75, 3.05) is 32.7 Å². The molecule has 6 unspecified atom stereocenters. The van der Waals surface area contributed by atoms with Gasteiger partial charge in [0.15, 0.2) is 18.4 Å². The standard InChI is InChI=1S/C29H46N9O12P/c1-13(2)46-11-17-15(21(44-5)26(48-17)37-8-7-18(39)34-29(37)41)9-19(40)32-10-16-22(50-51(42,43)49-14(3)4)23(45-6)27(47-16)38-12-33-20-24(30)35-28(31)36-25(20)38/h7-8,12-17,21-24,26-27H,9-11,30H2,1-6H3,(H,32,40)(H,42,43)(H3,31,35,36)(H,34,39,41)/p-1/t15?,16-,17-,21?,22?,23?,24?,26-,27-/m1/s1. The van der Waals surface area contributed by atoms with E-state index in [4.69, 9.17) is 44.2 Å². The van der Waals surface area contributed by atoms with Crippen LogP contribution in [-0.2, 0) is 42.1 Å². The number of guanidine groups is 1. The van der Waals surface area contributed by atoms with E-state index in [1.54, 1.807) is 0 Å². The summed E-state index contributed by atoms with van der Waals surface area (Å²) in [5.74, 6) is -0.707. The minimum absolute atomic E-state index is 0.0322. The van der Waals surface area contributed by atoms with Gasteiger partial charge in [0.25, 0.3) is 13.4 Å². The molecule has 0 saturated carbocycles. The van der Waals surface area contributed by atoms with Crippen LogP contribution in [0.5, 0.6) is 0 Å². The highest BCUT2D eigenvalue weighted by Gasteiger charge is 2.51. The van der Waals surface area contributed by atoms with Crippen LogP contribution in [0.25, 0.3) is 0 Å². The molecular weight excluding hydrogens is 697 g/mol. The summed E-state index contributed by atoms with van der Waals surface area (Å²) in [5.41, 5.74) is 11.1. The number of fused-ring (bicyclic) bond motifs is 1. The number of phosphoric ester groups is 1. The first-order chi connectivity index (χ1) is 24.1. The Morgan fingerprint density at radius 2 is 1.76 bits per heavy atom. The third-order valence-corrected chi connectivity index (χ3v) is 9.64. The second-order valence-corrected chi connectivity index (χ2v) is 14.1.